The van der Waals surface area contributed by atoms with Gasteiger partial charge in [-0.1, -0.05) is 13.8 Å². The van der Waals surface area contributed by atoms with E-state index in [1.807, 2.05) is 0 Å². The van der Waals surface area contributed by atoms with Gasteiger partial charge >= 0.3 is 18.0 Å². The number of amides is 2. The zero-order valence-corrected chi connectivity index (χ0v) is 12.6. The van der Waals surface area contributed by atoms with Crippen LogP contribution in [0.2, 0.25) is 0 Å². The average molecular weight is 288 g/mol. The standard InChI is InChI=1S/C13H24N2O5/c1-5-13(6-2,11(17)18)14-12(19)15(7-3)9-10(16)20-8-4/h5-9H2,1-4H3,(H,14,19)(H,17,18). The highest BCUT2D eigenvalue weighted by molar-refractivity contribution is 5.87. The zero-order valence-electron chi connectivity index (χ0n) is 12.6. The molecule has 0 aliphatic carbocycles. The number of esters is 1. The molecule has 7 heteroatoms. The maximum absolute atomic E-state index is 12.1. The number of carbonyl (C=O) groups is 3. The van der Waals surface area contributed by atoms with Crippen LogP contribution < -0.4 is 5.32 Å². The summed E-state index contributed by atoms with van der Waals surface area (Å²) in [6, 6.07) is -0.577. The topological polar surface area (TPSA) is 95.9 Å². The first kappa shape index (κ1) is 18.2. The second-order valence-corrected chi connectivity index (χ2v) is 4.34. The molecule has 0 saturated heterocycles. The van der Waals surface area contributed by atoms with Crippen LogP contribution in [0.4, 0.5) is 4.79 Å². The van der Waals surface area contributed by atoms with Crippen molar-refractivity contribution in [2.75, 3.05) is 19.7 Å². The van der Waals surface area contributed by atoms with Crippen molar-refractivity contribution in [2.24, 2.45) is 0 Å². The molecule has 0 fully saturated rings. The number of nitrogens with zero attached hydrogens (tertiary/aromatic N) is 1. The molecular formula is C13H24N2O5. The third-order valence-electron chi connectivity index (χ3n) is 3.26. The third-order valence-corrected chi connectivity index (χ3v) is 3.26. The van der Waals surface area contributed by atoms with E-state index < -0.39 is 23.5 Å². The van der Waals surface area contributed by atoms with Gasteiger partial charge in [-0.25, -0.2) is 9.59 Å². The Labute approximate surface area is 119 Å². The number of hydrogen-bond donors (Lipinski definition) is 2. The van der Waals surface area contributed by atoms with Gasteiger partial charge in [-0.15, -0.1) is 0 Å². The van der Waals surface area contributed by atoms with Crippen LogP contribution in [0.15, 0.2) is 0 Å². The minimum absolute atomic E-state index is 0.195. The lowest BCUT2D eigenvalue weighted by molar-refractivity contribution is -0.144. The number of rotatable bonds is 8. The molecular weight excluding hydrogens is 264 g/mol. The van der Waals surface area contributed by atoms with E-state index in [-0.39, 0.29) is 32.5 Å². The Hall–Kier alpha value is -1.79. The van der Waals surface area contributed by atoms with Gasteiger partial charge in [0.15, 0.2) is 0 Å². The smallest absolute Gasteiger partial charge is 0.329 e. The van der Waals surface area contributed by atoms with Gasteiger partial charge < -0.3 is 20.1 Å². The van der Waals surface area contributed by atoms with E-state index in [2.05, 4.69) is 5.32 Å². The lowest BCUT2D eigenvalue weighted by Gasteiger charge is -2.31. The highest BCUT2D eigenvalue weighted by atomic mass is 16.5. The minimum atomic E-state index is -1.31. The normalized spacial score (nSPS) is 10.8. The number of hydrogen-bond acceptors (Lipinski definition) is 4. The Morgan fingerprint density at radius 2 is 1.70 bits per heavy atom. The predicted molar refractivity (Wildman–Crippen MR) is 73.4 cm³/mol. The first-order valence-corrected chi connectivity index (χ1v) is 6.82. The molecule has 0 radical (unpaired) electrons. The van der Waals surface area contributed by atoms with Crippen LogP contribution >= 0.6 is 0 Å². The van der Waals surface area contributed by atoms with Crippen LogP contribution in [0.1, 0.15) is 40.5 Å². The number of carboxylic acids is 1. The molecule has 0 atom stereocenters. The largest absolute Gasteiger partial charge is 0.480 e. The summed E-state index contributed by atoms with van der Waals surface area (Å²) in [7, 11) is 0. The summed E-state index contributed by atoms with van der Waals surface area (Å²) >= 11 is 0. The molecule has 0 rings (SSSR count). The molecule has 0 aromatic carbocycles. The zero-order chi connectivity index (χ0) is 15.8. The fourth-order valence-electron chi connectivity index (χ4n) is 1.76. The van der Waals surface area contributed by atoms with E-state index in [9.17, 15) is 19.5 Å². The second-order valence-electron chi connectivity index (χ2n) is 4.34. The highest BCUT2D eigenvalue weighted by Crippen LogP contribution is 2.16. The van der Waals surface area contributed by atoms with Gasteiger partial charge in [-0.2, -0.15) is 0 Å². The second kappa shape index (κ2) is 8.39. The maximum Gasteiger partial charge on any atom is 0.329 e. The number of carbonyl (C=O) groups excluding carboxylic acids is 2. The highest BCUT2D eigenvalue weighted by Gasteiger charge is 2.37. The van der Waals surface area contributed by atoms with Crippen LogP contribution in [0.25, 0.3) is 0 Å². The van der Waals surface area contributed by atoms with Gasteiger partial charge in [0.05, 0.1) is 6.61 Å². The molecule has 0 spiro atoms. The van der Waals surface area contributed by atoms with Crippen molar-refractivity contribution >= 4 is 18.0 Å². The predicted octanol–water partition coefficient (Wildman–Crippen LogP) is 1.22. The quantitative estimate of drug-likeness (QED) is 0.655. The monoisotopic (exact) mass is 288 g/mol. The van der Waals surface area contributed by atoms with Crippen molar-refractivity contribution < 1.29 is 24.2 Å². The summed E-state index contributed by atoms with van der Waals surface area (Å²) in [5.74, 6) is -1.60. The summed E-state index contributed by atoms with van der Waals surface area (Å²) in [5.41, 5.74) is -1.31. The Morgan fingerprint density at radius 3 is 2.05 bits per heavy atom. The van der Waals surface area contributed by atoms with Gasteiger partial charge in [0.25, 0.3) is 0 Å². The van der Waals surface area contributed by atoms with E-state index in [0.717, 1.165) is 0 Å². The van der Waals surface area contributed by atoms with Gasteiger partial charge in [0.2, 0.25) is 0 Å². The van der Waals surface area contributed by atoms with Crippen LogP contribution in [-0.4, -0.2) is 53.2 Å². The number of ether oxygens (including phenoxy) is 1. The lowest BCUT2D eigenvalue weighted by Crippen LogP contribution is -2.57. The molecule has 2 N–H and O–H groups in total. The number of carboxylic acid groups (broad SMARTS) is 1. The van der Waals surface area contributed by atoms with Crippen molar-refractivity contribution in [2.45, 2.75) is 46.1 Å². The number of aliphatic carboxylic acids is 1. The number of nitrogens with one attached hydrogen (secondary N) is 1. The molecule has 0 aromatic rings. The van der Waals surface area contributed by atoms with Crippen molar-refractivity contribution in [1.29, 1.82) is 0 Å². The lowest BCUT2D eigenvalue weighted by atomic mass is 9.93. The summed E-state index contributed by atoms with van der Waals surface area (Å²) in [4.78, 5) is 36.0. The molecule has 2 amide bonds. The van der Waals surface area contributed by atoms with Gasteiger partial charge in [0, 0.05) is 6.54 Å². The molecule has 0 aromatic heterocycles. The first-order valence-electron chi connectivity index (χ1n) is 6.82. The molecule has 0 bridgehead atoms. The van der Waals surface area contributed by atoms with E-state index in [0.29, 0.717) is 0 Å². The van der Waals surface area contributed by atoms with Crippen molar-refractivity contribution in [1.82, 2.24) is 10.2 Å². The summed E-state index contributed by atoms with van der Waals surface area (Å²) in [6.07, 6.45) is 0.531. The SMILES string of the molecule is CCOC(=O)CN(CC)C(=O)NC(CC)(CC)C(=O)O. The van der Waals surface area contributed by atoms with Crippen LogP contribution in [0.5, 0.6) is 0 Å². The Morgan fingerprint density at radius 1 is 1.15 bits per heavy atom. The molecule has 0 saturated carbocycles. The molecule has 0 heterocycles. The summed E-state index contributed by atoms with van der Waals surface area (Å²) in [5, 5.41) is 11.8. The Balaban J connectivity index is 4.84. The Bertz CT molecular complexity index is 353. The first-order chi connectivity index (χ1) is 9.36. The van der Waals surface area contributed by atoms with Gasteiger partial charge in [-0.3, -0.25) is 4.79 Å². The fraction of sp³-hybridized carbons (Fsp3) is 0.769. The number of urea groups is 1. The van der Waals surface area contributed by atoms with E-state index in [1.54, 1.807) is 27.7 Å². The van der Waals surface area contributed by atoms with Crippen molar-refractivity contribution in [3.63, 3.8) is 0 Å². The minimum Gasteiger partial charge on any atom is -0.480 e. The van der Waals surface area contributed by atoms with Crippen LogP contribution in [0.3, 0.4) is 0 Å². The van der Waals surface area contributed by atoms with E-state index in [1.165, 1.54) is 4.90 Å². The van der Waals surface area contributed by atoms with Crippen molar-refractivity contribution in [3.05, 3.63) is 0 Å². The maximum atomic E-state index is 12.1. The summed E-state index contributed by atoms with van der Waals surface area (Å²) in [6.45, 7) is 7.10. The molecule has 0 unspecified atom stereocenters. The van der Waals surface area contributed by atoms with Crippen molar-refractivity contribution in [3.8, 4) is 0 Å². The fourth-order valence-corrected chi connectivity index (χ4v) is 1.76. The van der Waals surface area contributed by atoms with Crippen LogP contribution in [0, 0.1) is 0 Å². The molecule has 20 heavy (non-hydrogen) atoms. The third kappa shape index (κ3) is 4.71. The van der Waals surface area contributed by atoms with Gasteiger partial charge in [0.1, 0.15) is 12.1 Å². The van der Waals surface area contributed by atoms with E-state index in [4.69, 9.17) is 4.74 Å². The van der Waals surface area contributed by atoms with E-state index >= 15 is 0 Å². The number of likely N-dealkylation sites (N-methyl/N-ethyl adjacent to an activating group) is 1. The van der Waals surface area contributed by atoms with Gasteiger partial charge in [-0.05, 0) is 26.7 Å². The summed E-state index contributed by atoms with van der Waals surface area (Å²) < 4.78 is 4.78. The molecule has 7 nitrogen and oxygen atoms in total. The molecule has 116 valence electrons. The Kier molecular flexibility index (Phi) is 7.64. The molecule has 0 aliphatic rings. The van der Waals surface area contributed by atoms with Crippen LogP contribution in [-0.2, 0) is 14.3 Å². The molecule has 0 aliphatic heterocycles. The average Bonchev–Trinajstić information content (AvgIpc) is 2.41.